The second-order valence-corrected chi connectivity index (χ2v) is 7.47. The Labute approximate surface area is 135 Å². The van der Waals surface area contributed by atoms with Crippen molar-refractivity contribution < 1.29 is 22.7 Å². The molecule has 1 atom stereocenters. The number of nitrogens with one attached hydrogen (secondary N) is 1. The van der Waals surface area contributed by atoms with Gasteiger partial charge in [0, 0.05) is 25.7 Å². The molecule has 23 heavy (non-hydrogen) atoms. The summed E-state index contributed by atoms with van der Waals surface area (Å²) in [7, 11) is -2.19. The number of fused-ring (bicyclic) bond motifs is 1. The number of benzene rings is 1. The maximum absolute atomic E-state index is 12.4. The quantitative estimate of drug-likeness (QED) is 0.883. The first-order valence-corrected chi connectivity index (χ1v) is 9.02. The number of amides is 1. The molecule has 1 aromatic rings. The van der Waals surface area contributed by atoms with Crippen molar-refractivity contribution in [2.45, 2.75) is 30.3 Å². The van der Waals surface area contributed by atoms with E-state index in [2.05, 4.69) is 4.72 Å². The van der Waals surface area contributed by atoms with Gasteiger partial charge in [-0.3, -0.25) is 0 Å². The molecule has 1 aromatic carbocycles. The molecular weight excluding hydrogens is 320 g/mol. The van der Waals surface area contributed by atoms with Gasteiger partial charge in [0.05, 0.1) is 18.6 Å². The zero-order valence-electron chi connectivity index (χ0n) is 12.9. The minimum Gasteiger partial charge on any atom is -0.453 e. The van der Waals surface area contributed by atoms with Crippen LogP contribution in [0.3, 0.4) is 0 Å². The molecule has 3 rings (SSSR count). The van der Waals surface area contributed by atoms with E-state index in [0.717, 1.165) is 11.1 Å². The second-order valence-electron chi connectivity index (χ2n) is 5.75. The lowest BCUT2D eigenvalue weighted by Gasteiger charge is -2.28. The van der Waals surface area contributed by atoms with Crippen LogP contribution in [-0.4, -0.2) is 52.3 Å². The molecule has 1 N–H and O–H groups in total. The van der Waals surface area contributed by atoms with Gasteiger partial charge in [-0.2, -0.15) is 0 Å². The third-order valence-corrected chi connectivity index (χ3v) is 5.70. The fraction of sp³-hybridized carbons (Fsp3) is 0.533. The first-order valence-electron chi connectivity index (χ1n) is 7.54. The summed E-state index contributed by atoms with van der Waals surface area (Å²) >= 11 is 0. The van der Waals surface area contributed by atoms with Gasteiger partial charge in [-0.1, -0.05) is 6.07 Å². The second kappa shape index (κ2) is 6.46. The van der Waals surface area contributed by atoms with Gasteiger partial charge >= 0.3 is 6.09 Å². The molecule has 2 aliphatic heterocycles. The number of rotatable bonds is 3. The zero-order valence-corrected chi connectivity index (χ0v) is 13.8. The number of ether oxygens (including phenoxy) is 2. The summed E-state index contributed by atoms with van der Waals surface area (Å²) in [5.74, 6) is 0. The Morgan fingerprint density at radius 3 is 2.91 bits per heavy atom. The number of carbonyl (C=O) groups excluding carboxylic acids is 1. The van der Waals surface area contributed by atoms with E-state index in [1.165, 1.54) is 7.11 Å². The summed E-state index contributed by atoms with van der Waals surface area (Å²) in [5, 5.41) is 0. The van der Waals surface area contributed by atoms with Gasteiger partial charge in [0.2, 0.25) is 10.0 Å². The van der Waals surface area contributed by atoms with E-state index in [1.807, 2.05) is 0 Å². The van der Waals surface area contributed by atoms with Crippen LogP contribution in [0.4, 0.5) is 4.79 Å². The van der Waals surface area contributed by atoms with Crippen LogP contribution in [0.5, 0.6) is 0 Å². The third kappa shape index (κ3) is 3.49. The Morgan fingerprint density at radius 2 is 2.22 bits per heavy atom. The number of hydrogen-bond donors (Lipinski definition) is 1. The smallest absolute Gasteiger partial charge is 0.409 e. The maximum atomic E-state index is 12.4. The lowest BCUT2D eigenvalue weighted by molar-refractivity contribution is 0.118. The first-order chi connectivity index (χ1) is 11.0. The van der Waals surface area contributed by atoms with Crippen molar-refractivity contribution in [2.24, 2.45) is 0 Å². The van der Waals surface area contributed by atoms with Crippen molar-refractivity contribution >= 4 is 16.1 Å². The lowest BCUT2D eigenvalue weighted by atomic mass is 10.0. The SMILES string of the molecule is COC(=O)N1CCc2cc(S(=O)(=O)N[C@@H]3CCOC3)ccc2C1. The lowest BCUT2D eigenvalue weighted by Crippen LogP contribution is -2.37. The molecule has 126 valence electrons. The fourth-order valence-corrected chi connectivity index (χ4v) is 4.20. The third-order valence-electron chi connectivity index (χ3n) is 4.18. The number of nitrogens with zero attached hydrogens (tertiary/aromatic N) is 1. The van der Waals surface area contributed by atoms with E-state index < -0.39 is 10.0 Å². The van der Waals surface area contributed by atoms with E-state index in [1.54, 1.807) is 23.1 Å². The molecule has 0 aromatic heterocycles. The normalized spacial score (nSPS) is 21.1. The number of methoxy groups -OCH3 is 1. The fourth-order valence-electron chi connectivity index (χ4n) is 2.90. The summed E-state index contributed by atoms with van der Waals surface area (Å²) in [6, 6.07) is 4.88. The van der Waals surface area contributed by atoms with Gasteiger partial charge in [0.25, 0.3) is 0 Å². The highest BCUT2D eigenvalue weighted by Crippen LogP contribution is 2.23. The summed E-state index contributed by atoms with van der Waals surface area (Å²) in [6.45, 7) is 1.96. The van der Waals surface area contributed by atoms with Gasteiger partial charge in [-0.25, -0.2) is 17.9 Å². The molecule has 1 fully saturated rings. The average Bonchev–Trinajstić information content (AvgIpc) is 3.05. The Morgan fingerprint density at radius 1 is 1.39 bits per heavy atom. The molecule has 1 amide bonds. The minimum absolute atomic E-state index is 0.161. The Kier molecular flexibility index (Phi) is 4.56. The zero-order chi connectivity index (χ0) is 16.4. The first kappa shape index (κ1) is 16.2. The number of hydrogen-bond acceptors (Lipinski definition) is 5. The molecule has 0 radical (unpaired) electrons. The summed E-state index contributed by atoms with van der Waals surface area (Å²) in [4.78, 5) is 13.4. The Balaban J connectivity index is 1.77. The van der Waals surface area contributed by atoms with Gasteiger partial charge in [0.15, 0.2) is 0 Å². The predicted octanol–water partition coefficient (Wildman–Crippen LogP) is 0.878. The monoisotopic (exact) mass is 340 g/mol. The van der Waals surface area contributed by atoms with E-state index in [-0.39, 0.29) is 17.0 Å². The average molecular weight is 340 g/mol. The van der Waals surface area contributed by atoms with Crippen LogP contribution in [0.1, 0.15) is 17.5 Å². The highest BCUT2D eigenvalue weighted by molar-refractivity contribution is 7.89. The van der Waals surface area contributed by atoms with Crippen molar-refractivity contribution in [1.82, 2.24) is 9.62 Å². The molecule has 0 spiro atoms. The van der Waals surface area contributed by atoms with Crippen LogP contribution < -0.4 is 4.72 Å². The molecule has 8 heteroatoms. The van der Waals surface area contributed by atoms with Gasteiger partial charge < -0.3 is 14.4 Å². The molecule has 0 bridgehead atoms. The van der Waals surface area contributed by atoms with Gasteiger partial charge in [-0.15, -0.1) is 0 Å². The predicted molar refractivity (Wildman–Crippen MR) is 82.5 cm³/mol. The van der Waals surface area contributed by atoms with Crippen LogP contribution in [0.25, 0.3) is 0 Å². The number of sulfonamides is 1. The van der Waals surface area contributed by atoms with E-state index in [4.69, 9.17) is 9.47 Å². The van der Waals surface area contributed by atoms with Crippen molar-refractivity contribution in [3.8, 4) is 0 Å². The topological polar surface area (TPSA) is 84.9 Å². The maximum Gasteiger partial charge on any atom is 0.409 e. The Bertz CT molecular complexity index is 698. The Hall–Kier alpha value is -1.64. The summed E-state index contributed by atoms with van der Waals surface area (Å²) < 4.78 is 37.5. The van der Waals surface area contributed by atoms with Crippen molar-refractivity contribution in [3.05, 3.63) is 29.3 Å². The molecular formula is C15H20N2O5S. The molecule has 7 nitrogen and oxygen atoms in total. The highest BCUT2D eigenvalue weighted by Gasteiger charge is 2.26. The molecule has 1 saturated heterocycles. The van der Waals surface area contributed by atoms with Crippen molar-refractivity contribution in [3.63, 3.8) is 0 Å². The molecule has 2 heterocycles. The van der Waals surface area contributed by atoms with Crippen LogP contribution in [-0.2, 0) is 32.5 Å². The van der Waals surface area contributed by atoms with Gasteiger partial charge in [0.1, 0.15) is 0 Å². The molecule has 0 aliphatic carbocycles. The minimum atomic E-state index is -3.55. The van der Waals surface area contributed by atoms with Crippen LogP contribution in [0, 0.1) is 0 Å². The van der Waals surface area contributed by atoms with E-state index >= 15 is 0 Å². The largest absolute Gasteiger partial charge is 0.453 e. The van der Waals surface area contributed by atoms with E-state index in [0.29, 0.717) is 39.1 Å². The van der Waals surface area contributed by atoms with Crippen molar-refractivity contribution in [1.29, 1.82) is 0 Å². The van der Waals surface area contributed by atoms with Gasteiger partial charge in [-0.05, 0) is 36.1 Å². The van der Waals surface area contributed by atoms with E-state index in [9.17, 15) is 13.2 Å². The summed E-state index contributed by atoms with van der Waals surface area (Å²) in [6.07, 6.45) is 0.939. The van der Waals surface area contributed by atoms with Crippen molar-refractivity contribution in [2.75, 3.05) is 26.9 Å². The standard InChI is InChI=1S/C15H20N2O5S/c1-21-15(18)17-6-4-11-8-14(3-2-12(11)9-17)23(19,20)16-13-5-7-22-10-13/h2-3,8,13,16H,4-7,9-10H2,1H3/t13-/m1/s1. The summed E-state index contributed by atoms with van der Waals surface area (Å²) in [5.41, 5.74) is 1.90. The molecule has 0 unspecified atom stereocenters. The highest BCUT2D eigenvalue weighted by atomic mass is 32.2. The number of carbonyl (C=O) groups is 1. The molecule has 2 aliphatic rings. The van der Waals surface area contributed by atoms with Crippen LogP contribution in [0.15, 0.2) is 23.1 Å². The molecule has 0 saturated carbocycles. The van der Waals surface area contributed by atoms with Crippen LogP contribution in [0.2, 0.25) is 0 Å². The van der Waals surface area contributed by atoms with Crippen LogP contribution >= 0.6 is 0 Å².